The van der Waals surface area contributed by atoms with E-state index in [1.54, 1.807) is 7.05 Å². The molecule has 0 radical (unpaired) electrons. The predicted octanol–water partition coefficient (Wildman–Crippen LogP) is 0.0356. The quantitative estimate of drug-likeness (QED) is 0.678. The number of carbonyl (C=O) groups is 1. The van der Waals surface area contributed by atoms with Crippen molar-refractivity contribution in [1.82, 2.24) is 15.1 Å². The Morgan fingerprint density at radius 3 is 2.88 bits per heavy atom. The largest absolute Gasteiger partial charge is 0.396 e. The molecule has 94 valence electrons. The smallest absolute Gasteiger partial charge is 0.271 e. The molecule has 2 atom stereocenters. The molecule has 1 aromatic rings. The fraction of sp³-hybridized carbons (Fsp3) is 0.636. The molecule has 1 fully saturated rings. The predicted molar refractivity (Wildman–Crippen MR) is 63.3 cm³/mol. The van der Waals surface area contributed by atoms with E-state index < -0.39 is 6.10 Å². The van der Waals surface area contributed by atoms with Gasteiger partial charge in [0.15, 0.2) is 0 Å². The summed E-state index contributed by atoms with van der Waals surface area (Å²) in [6.07, 6.45) is 4.59. The van der Waals surface area contributed by atoms with Crippen LogP contribution in [0.3, 0.4) is 0 Å². The van der Waals surface area contributed by atoms with Gasteiger partial charge in [-0.05, 0) is 12.8 Å². The Balaban J connectivity index is 2.06. The molecule has 1 saturated carbocycles. The number of nitrogens with zero attached hydrogens (tertiary/aromatic N) is 2. The highest BCUT2D eigenvalue weighted by atomic mass is 16.3. The van der Waals surface area contributed by atoms with Crippen LogP contribution in [0, 0.1) is 0 Å². The van der Waals surface area contributed by atoms with Gasteiger partial charge in [0.25, 0.3) is 5.91 Å². The first-order valence-corrected chi connectivity index (χ1v) is 5.86. The van der Waals surface area contributed by atoms with E-state index in [0.717, 1.165) is 25.7 Å². The summed E-state index contributed by atoms with van der Waals surface area (Å²) in [5.41, 5.74) is 6.38. The van der Waals surface area contributed by atoms with Crippen LogP contribution in [0.5, 0.6) is 0 Å². The fourth-order valence-corrected chi connectivity index (χ4v) is 2.25. The van der Waals surface area contributed by atoms with Crippen molar-refractivity contribution >= 4 is 11.6 Å². The van der Waals surface area contributed by atoms with E-state index in [9.17, 15) is 9.90 Å². The van der Waals surface area contributed by atoms with Crippen LogP contribution in [-0.2, 0) is 7.05 Å². The summed E-state index contributed by atoms with van der Waals surface area (Å²) in [6.45, 7) is 0. The number of aryl methyl sites for hydroxylation is 1. The monoisotopic (exact) mass is 238 g/mol. The lowest BCUT2D eigenvalue weighted by Gasteiger charge is -2.28. The highest BCUT2D eigenvalue weighted by molar-refractivity contribution is 5.97. The van der Waals surface area contributed by atoms with Crippen LogP contribution in [-0.4, -0.2) is 32.9 Å². The first kappa shape index (κ1) is 11.9. The van der Waals surface area contributed by atoms with E-state index in [2.05, 4.69) is 10.4 Å². The maximum absolute atomic E-state index is 12.0. The number of hydrogen-bond donors (Lipinski definition) is 3. The summed E-state index contributed by atoms with van der Waals surface area (Å²) in [5.74, 6) is -0.270. The second kappa shape index (κ2) is 4.75. The third kappa shape index (κ3) is 2.41. The van der Waals surface area contributed by atoms with Crippen LogP contribution >= 0.6 is 0 Å². The molecule has 1 aliphatic carbocycles. The highest BCUT2D eigenvalue weighted by Crippen LogP contribution is 2.19. The minimum Gasteiger partial charge on any atom is -0.396 e. The highest BCUT2D eigenvalue weighted by Gasteiger charge is 2.26. The third-order valence-corrected chi connectivity index (χ3v) is 3.23. The molecule has 1 amide bonds. The maximum Gasteiger partial charge on any atom is 0.271 e. The molecule has 17 heavy (non-hydrogen) atoms. The Kier molecular flexibility index (Phi) is 3.33. The number of carbonyl (C=O) groups excluding carboxylic acids is 1. The van der Waals surface area contributed by atoms with Crippen molar-refractivity contribution in [2.45, 2.75) is 37.8 Å². The van der Waals surface area contributed by atoms with Crippen LogP contribution in [0.4, 0.5) is 5.69 Å². The van der Waals surface area contributed by atoms with E-state index in [-0.39, 0.29) is 11.9 Å². The van der Waals surface area contributed by atoms with Crippen molar-refractivity contribution in [3.63, 3.8) is 0 Å². The topological polar surface area (TPSA) is 93.2 Å². The van der Waals surface area contributed by atoms with Crippen LogP contribution in [0.1, 0.15) is 36.2 Å². The number of anilines is 1. The maximum atomic E-state index is 12.0. The Morgan fingerprint density at radius 2 is 2.29 bits per heavy atom. The number of nitrogen functional groups attached to an aromatic ring is 1. The number of hydrogen-bond acceptors (Lipinski definition) is 4. The third-order valence-electron chi connectivity index (χ3n) is 3.23. The minimum atomic E-state index is -0.456. The molecule has 1 heterocycles. The molecule has 0 aromatic carbocycles. The molecule has 0 spiro atoms. The van der Waals surface area contributed by atoms with Crippen LogP contribution in [0.25, 0.3) is 0 Å². The molecule has 1 aromatic heterocycles. The summed E-state index contributed by atoms with van der Waals surface area (Å²) >= 11 is 0. The van der Waals surface area contributed by atoms with Crippen molar-refractivity contribution in [2.75, 3.05) is 5.73 Å². The summed E-state index contributed by atoms with van der Waals surface area (Å²) in [7, 11) is 1.67. The molecule has 0 unspecified atom stereocenters. The molecule has 4 N–H and O–H groups in total. The van der Waals surface area contributed by atoms with Gasteiger partial charge < -0.3 is 16.2 Å². The van der Waals surface area contributed by atoms with Gasteiger partial charge in [0.05, 0.1) is 24.0 Å². The molecule has 0 aliphatic heterocycles. The van der Waals surface area contributed by atoms with E-state index >= 15 is 0 Å². The van der Waals surface area contributed by atoms with Gasteiger partial charge in [-0.25, -0.2) is 0 Å². The van der Waals surface area contributed by atoms with E-state index in [0.29, 0.717) is 11.4 Å². The minimum absolute atomic E-state index is 0.175. The van der Waals surface area contributed by atoms with Crippen LogP contribution in [0.15, 0.2) is 6.20 Å². The number of aliphatic hydroxyl groups is 1. The zero-order valence-corrected chi connectivity index (χ0v) is 9.89. The Hall–Kier alpha value is -1.56. The molecular formula is C11H18N4O2. The molecule has 2 rings (SSSR count). The van der Waals surface area contributed by atoms with Gasteiger partial charge in [0.2, 0.25) is 0 Å². The average molecular weight is 238 g/mol. The van der Waals surface area contributed by atoms with Gasteiger partial charge >= 0.3 is 0 Å². The fourth-order valence-electron chi connectivity index (χ4n) is 2.25. The van der Waals surface area contributed by atoms with Crippen molar-refractivity contribution in [1.29, 1.82) is 0 Å². The van der Waals surface area contributed by atoms with Crippen LogP contribution < -0.4 is 11.1 Å². The summed E-state index contributed by atoms with van der Waals surface area (Å²) < 4.78 is 1.44. The number of aromatic nitrogens is 2. The number of nitrogens with two attached hydrogens (primary N) is 1. The zero-order valence-electron chi connectivity index (χ0n) is 9.89. The summed E-state index contributed by atoms with van der Waals surface area (Å²) in [4.78, 5) is 12.0. The van der Waals surface area contributed by atoms with Crippen LogP contribution in [0.2, 0.25) is 0 Å². The van der Waals surface area contributed by atoms with Gasteiger partial charge in [-0.15, -0.1) is 0 Å². The number of rotatable bonds is 2. The summed E-state index contributed by atoms with van der Waals surface area (Å²) in [5, 5.41) is 16.5. The van der Waals surface area contributed by atoms with Crippen molar-refractivity contribution < 1.29 is 9.90 Å². The van der Waals surface area contributed by atoms with Gasteiger partial charge in [0, 0.05) is 7.05 Å². The zero-order chi connectivity index (χ0) is 12.4. The average Bonchev–Trinajstić information content (AvgIpc) is 2.62. The molecule has 6 nitrogen and oxygen atoms in total. The van der Waals surface area contributed by atoms with Crippen molar-refractivity contribution in [2.24, 2.45) is 7.05 Å². The lowest BCUT2D eigenvalue weighted by Crippen LogP contribution is -2.45. The van der Waals surface area contributed by atoms with E-state index in [4.69, 9.17) is 5.73 Å². The lowest BCUT2D eigenvalue weighted by molar-refractivity contribution is 0.0711. The van der Waals surface area contributed by atoms with Gasteiger partial charge in [-0.3, -0.25) is 9.48 Å². The molecule has 6 heteroatoms. The Bertz CT molecular complexity index is 396. The normalized spacial score (nSPS) is 24.6. The van der Waals surface area contributed by atoms with Crippen molar-refractivity contribution in [3.8, 4) is 0 Å². The molecule has 1 aliphatic rings. The lowest BCUT2D eigenvalue weighted by atomic mass is 9.92. The van der Waals surface area contributed by atoms with Gasteiger partial charge in [-0.2, -0.15) is 5.10 Å². The van der Waals surface area contributed by atoms with Gasteiger partial charge in [-0.1, -0.05) is 12.8 Å². The summed E-state index contributed by atoms with van der Waals surface area (Å²) in [6, 6.07) is -0.175. The number of amides is 1. The second-order valence-corrected chi connectivity index (χ2v) is 4.50. The molecular weight excluding hydrogens is 220 g/mol. The number of nitrogens with one attached hydrogen (secondary N) is 1. The van der Waals surface area contributed by atoms with E-state index in [1.807, 2.05) is 0 Å². The standard InChI is InChI=1S/C11H18N4O2/c1-15-10(7(12)6-13-15)11(17)14-8-4-2-3-5-9(8)16/h6,8-9,16H,2-5,12H2,1H3,(H,14,17)/t8-,9-/m0/s1. The first-order valence-electron chi connectivity index (χ1n) is 5.86. The van der Waals surface area contributed by atoms with E-state index in [1.165, 1.54) is 10.9 Å². The second-order valence-electron chi connectivity index (χ2n) is 4.50. The molecule has 0 saturated heterocycles. The molecule has 0 bridgehead atoms. The SMILES string of the molecule is Cn1ncc(N)c1C(=O)N[C@H]1CCCC[C@@H]1O. The Labute approximate surface area is 99.8 Å². The van der Waals surface area contributed by atoms with Gasteiger partial charge in [0.1, 0.15) is 5.69 Å². The number of aliphatic hydroxyl groups excluding tert-OH is 1. The van der Waals surface area contributed by atoms with Crippen molar-refractivity contribution in [3.05, 3.63) is 11.9 Å². The first-order chi connectivity index (χ1) is 8.09. The Morgan fingerprint density at radius 1 is 1.59 bits per heavy atom.